The molecule has 0 bridgehead atoms. The van der Waals surface area contributed by atoms with E-state index in [4.69, 9.17) is 9.72 Å². The molecule has 9 heteroatoms. The van der Waals surface area contributed by atoms with Gasteiger partial charge in [-0.05, 0) is 24.3 Å². The summed E-state index contributed by atoms with van der Waals surface area (Å²) in [5, 5.41) is 8.43. The van der Waals surface area contributed by atoms with Crippen molar-refractivity contribution in [1.82, 2.24) is 19.6 Å². The SMILES string of the molecule is COc1ccc(C(=O)Nc2ccccc2-c2cn3c(CN4CCNCC4)csc3n2)cc1F. The van der Waals surface area contributed by atoms with E-state index in [-0.39, 0.29) is 11.3 Å². The molecular formula is C24H24FN5O2S. The van der Waals surface area contributed by atoms with E-state index in [1.54, 1.807) is 11.3 Å². The largest absolute Gasteiger partial charge is 0.494 e. The summed E-state index contributed by atoms with van der Waals surface area (Å²) < 4.78 is 21.1. The molecule has 2 aromatic heterocycles. The van der Waals surface area contributed by atoms with Gasteiger partial charge in [0.05, 0.1) is 18.5 Å². The van der Waals surface area contributed by atoms with Gasteiger partial charge in [-0.15, -0.1) is 11.3 Å². The Hall–Kier alpha value is -3.27. The number of halogens is 1. The number of piperazine rings is 1. The molecule has 1 saturated heterocycles. The summed E-state index contributed by atoms with van der Waals surface area (Å²) >= 11 is 1.61. The number of imidazole rings is 1. The van der Waals surface area contributed by atoms with E-state index in [1.807, 2.05) is 30.5 Å². The lowest BCUT2D eigenvalue weighted by atomic mass is 10.1. The Kier molecular flexibility index (Phi) is 6.08. The van der Waals surface area contributed by atoms with Crippen LogP contribution in [0.15, 0.2) is 54.0 Å². The monoisotopic (exact) mass is 465 g/mol. The molecule has 0 atom stereocenters. The van der Waals surface area contributed by atoms with Crippen LogP contribution in [0.4, 0.5) is 10.1 Å². The van der Waals surface area contributed by atoms with Crippen molar-refractivity contribution in [2.45, 2.75) is 6.54 Å². The van der Waals surface area contributed by atoms with Gasteiger partial charge in [0, 0.05) is 61.1 Å². The average Bonchev–Trinajstić information content (AvgIpc) is 3.42. The van der Waals surface area contributed by atoms with Crippen LogP contribution in [0.25, 0.3) is 16.2 Å². The number of thiazole rings is 1. The van der Waals surface area contributed by atoms with Crippen molar-refractivity contribution >= 4 is 27.9 Å². The molecule has 2 aromatic carbocycles. The molecule has 3 heterocycles. The lowest BCUT2D eigenvalue weighted by molar-refractivity contribution is 0.102. The quantitative estimate of drug-likeness (QED) is 0.452. The molecule has 1 fully saturated rings. The first kappa shape index (κ1) is 21.6. The van der Waals surface area contributed by atoms with Gasteiger partial charge in [-0.25, -0.2) is 9.37 Å². The third kappa shape index (κ3) is 4.47. The zero-order valence-electron chi connectivity index (χ0n) is 18.2. The topological polar surface area (TPSA) is 70.9 Å². The summed E-state index contributed by atoms with van der Waals surface area (Å²) in [6.45, 7) is 4.94. The maximum Gasteiger partial charge on any atom is 0.255 e. The Bertz CT molecular complexity index is 1300. The Morgan fingerprint density at radius 2 is 2.06 bits per heavy atom. The van der Waals surface area contributed by atoms with Crippen molar-refractivity contribution in [2.75, 3.05) is 38.6 Å². The Labute approximate surface area is 194 Å². The van der Waals surface area contributed by atoms with Crippen LogP contribution in [0.2, 0.25) is 0 Å². The number of amides is 1. The molecule has 1 aliphatic rings. The number of para-hydroxylation sites is 1. The highest BCUT2D eigenvalue weighted by atomic mass is 32.1. The lowest BCUT2D eigenvalue weighted by Gasteiger charge is -2.26. The number of hydrogen-bond donors (Lipinski definition) is 2. The highest BCUT2D eigenvalue weighted by Crippen LogP contribution is 2.30. The molecule has 0 radical (unpaired) electrons. The number of nitrogens with one attached hydrogen (secondary N) is 2. The first-order chi connectivity index (χ1) is 16.1. The smallest absolute Gasteiger partial charge is 0.255 e. The second-order valence-corrected chi connectivity index (χ2v) is 8.72. The van der Waals surface area contributed by atoms with Crippen LogP contribution < -0.4 is 15.4 Å². The van der Waals surface area contributed by atoms with E-state index in [1.165, 1.54) is 31.0 Å². The van der Waals surface area contributed by atoms with E-state index >= 15 is 0 Å². The minimum atomic E-state index is -0.579. The number of nitrogens with zero attached hydrogens (tertiary/aromatic N) is 3. The van der Waals surface area contributed by atoms with Crippen molar-refractivity contribution in [3.8, 4) is 17.0 Å². The summed E-state index contributed by atoms with van der Waals surface area (Å²) in [6, 6.07) is 11.7. The Morgan fingerprint density at radius 3 is 2.85 bits per heavy atom. The van der Waals surface area contributed by atoms with Crippen LogP contribution in [0.5, 0.6) is 5.75 Å². The maximum absolute atomic E-state index is 14.1. The van der Waals surface area contributed by atoms with Gasteiger partial charge < -0.3 is 15.4 Å². The third-order valence-corrected chi connectivity index (χ3v) is 6.63. The van der Waals surface area contributed by atoms with Gasteiger partial charge in [0.25, 0.3) is 5.91 Å². The number of benzene rings is 2. The first-order valence-corrected chi connectivity index (χ1v) is 11.6. The minimum absolute atomic E-state index is 0.0988. The summed E-state index contributed by atoms with van der Waals surface area (Å²) in [7, 11) is 1.39. The molecule has 5 rings (SSSR count). The van der Waals surface area contributed by atoms with Gasteiger partial charge in [-0.1, -0.05) is 18.2 Å². The standard InChI is InChI=1S/C24H24FN5O2S/c1-32-22-7-6-16(12-19(22)25)23(31)27-20-5-3-2-4-18(20)21-14-30-17(15-33-24(30)28-21)13-29-10-8-26-9-11-29/h2-7,12,14-15,26H,8-11,13H2,1H3,(H,27,31). The van der Waals surface area contributed by atoms with E-state index in [2.05, 4.69) is 25.3 Å². The van der Waals surface area contributed by atoms with Crippen molar-refractivity contribution in [1.29, 1.82) is 0 Å². The number of methoxy groups -OCH3 is 1. The maximum atomic E-state index is 14.1. The van der Waals surface area contributed by atoms with Gasteiger partial charge in [-0.2, -0.15) is 0 Å². The van der Waals surface area contributed by atoms with Crippen LogP contribution in [0.3, 0.4) is 0 Å². The second kappa shape index (κ2) is 9.30. The molecular weight excluding hydrogens is 441 g/mol. The summed E-state index contributed by atoms with van der Waals surface area (Å²) in [5.74, 6) is -0.879. The number of rotatable bonds is 6. The normalized spacial score (nSPS) is 14.5. The second-order valence-electron chi connectivity index (χ2n) is 7.88. The molecule has 7 nitrogen and oxygen atoms in total. The number of fused-ring (bicyclic) bond motifs is 1. The molecule has 170 valence electrons. The van der Waals surface area contributed by atoms with Gasteiger partial charge in [0.2, 0.25) is 0 Å². The fraction of sp³-hybridized carbons (Fsp3) is 0.250. The van der Waals surface area contributed by atoms with Crippen LogP contribution >= 0.6 is 11.3 Å². The van der Waals surface area contributed by atoms with E-state index < -0.39 is 11.7 Å². The molecule has 1 aliphatic heterocycles. The lowest BCUT2D eigenvalue weighted by Crippen LogP contribution is -2.43. The number of carbonyl (C=O) groups excluding carboxylic acids is 1. The van der Waals surface area contributed by atoms with Gasteiger partial charge >= 0.3 is 0 Å². The summed E-state index contributed by atoms with van der Waals surface area (Å²) in [6.07, 6.45) is 2.02. The van der Waals surface area contributed by atoms with Crippen molar-refractivity contribution in [3.63, 3.8) is 0 Å². The van der Waals surface area contributed by atoms with Gasteiger partial charge in [0.1, 0.15) is 0 Å². The highest BCUT2D eigenvalue weighted by molar-refractivity contribution is 7.15. The van der Waals surface area contributed by atoms with Crippen molar-refractivity contribution < 1.29 is 13.9 Å². The van der Waals surface area contributed by atoms with E-state index in [0.717, 1.165) is 48.9 Å². The third-order valence-electron chi connectivity index (χ3n) is 5.74. The fourth-order valence-corrected chi connectivity index (χ4v) is 4.85. The average molecular weight is 466 g/mol. The van der Waals surface area contributed by atoms with E-state index in [9.17, 15) is 9.18 Å². The molecule has 0 spiro atoms. The number of anilines is 1. The molecule has 0 saturated carbocycles. The molecule has 2 N–H and O–H groups in total. The number of hydrogen-bond acceptors (Lipinski definition) is 6. The fourth-order valence-electron chi connectivity index (χ4n) is 3.99. The van der Waals surface area contributed by atoms with Crippen LogP contribution in [0, 0.1) is 5.82 Å². The van der Waals surface area contributed by atoms with Crippen LogP contribution in [-0.4, -0.2) is 53.5 Å². The molecule has 1 amide bonds. The predicted octanol–water partition coefficient (Wildman–Crippen LogP) is 3.87. The zero-order valence-corrected chi connectivity index (χ0v) is 19.0. The number of carbonyl (C=O) groups is 1. The Balaban J connectivity index is 1.40. The summed E-state index contributed by atoms with van der Waals surface area (Å²) in [5.41, 5.74) is 3.62. The number of ether oxygens (including phenoxy) is 1. The van der Waals surface area contributed by atoms with Crippen LogP contribution in [-0.2, 0) is 6.54 Å². The number of aromatic nitrogens is 2. The first-order valence-electron chi connectivity index (χ1n) is 10.8. The molecule has 0 unspecified atom stereocenters. The minimum Gasteiger partial charge on any atom is -0.494 e. The van der Waals surface area contributed by atoms with Crippen molar-refractivity contribution in [3.05, 3.63) is 71.1 Å². The predicted molar refractivity (Wildman–Crippen MR) is 128 cm³/mol. The highest BCUT2D eigenvalue weighted by Gasteiger charge is 2.17. The van der Waals surface area contributed by atoms with Gasteiger partial charge in [0.15, 0.2) is 16.5 Å². The van der Waals surface area contributed by atoms with Crippen LogP contribution in [0.1, 0.15) is 16.1 Å². The van der Waals surface area contributed by atoms with Gasteiger partial charge in [-0.3, -0.25) is 14.1 Å². The van der Waals surface area contributed by atoms with Crippen molar-refractivity contribution in [2.24, 2.45) is 0 Å². The zero-order chi connectivity index (χ0) is 22.8. The molecule has 33 heavy (non-hydrogen) atoms. The molecule has 0 aliphatic carbocycles. The Morgan fingerprint density at radius 1 is 1.24 bits per heavy atom. The summed E-state index contributed by atoms with van der Waals surface area (Å²) in [4.78, 5) is 20.9. The molecule has 4 aromatic rings. The van der Waals surface area contributed by atoms with E-state index in [0.29, 0.717) is 5.69 Å².